The molecular weight excluding hydrogens is 269 g/mol. The molecule has 98 valence electrons. The van der Waals surface area contributed by atoms with Crippen molar-refractivity contribution in [3.63, 3.8) is 0 Å². The minimum atomic E-state index is -1.19. The molecule has 0 aromatic heterocycles. The first-order chi connectivity index (χ1) is 8.97. The first kappa shape index (κ1) is 13.4. The Balaban J connectivity index is 2.43. The summed E-state index contributed by atoms with van der Waals surface area (Å²) in [6, 6.07) is 8.81. The molecule has 2 aromatic carbocycles. The van der Waals surface area contributed by atoms with Crippen LogP contribution in [0.5, 0.6) is 0 Å². The number of rotatable bonds is 3. The molecule has 0 aliphatic rings. The Hall–Kier alpha value is -2.07. The monoisotopic (exact) mass is 279 g/mol. The molecule has 19 heavy (non-hydrogen) atoms. The SMILES string of the molecule is Cc1ccc(Cl)cc1Nc1ccc(F)cc1C(=O)O. The van der Waals surface area contributed by atoms with Gasteiger partial charge < -0.3 is 10.4 Å². The Kier molecular flexibility index (Phi) is 3.71. The highest BCUT2D eigenvalue weighted by Crippen LogP contribution is 2.26. The number of carboxylic acid groups (broad SMARTS) is 1. The molecule has 0 unspecified atom stereocenters. The van der Waals surface area contributed by atoms with Crippen molar-refractivity contribution in [1.82, 2.24) is 0 Å². The molecule has 0 heterocycles. The standard InChI is InChI=1S/C14H11ClFNO2/c1-8-2-3-9(15)6-13(8)17-12-5-4-10(16)7-11(12)14(18)19/h2-7,17H,1H3,(H,18,19). The number of halogens is 2. The molecular formula is C14H11ClFNO2. The molecule has 0 saturated carbocycles. The Bertz CT molecular complexity index is 643. The smallest absolute Gasteiger partial charge is 0.337 e. The van der Waals surface area contributed by atoms with E-state index >= 15 is 0 Å². The van der Waals surface area contributed by atoms with Crippen LogP contribution in [0.1, 0.15) is 15.9 Å². The number of nitrogens with one attached hydrogen (secondary N) is 1. The van der Waals surface area contributed by atoms with Gasteiger partial charge in [-0.1, -0.05) is 17.7 Å². The molecule has 0 saturated heterocycles. The second-order valence-corrected chi connectivity index (χ2v) is 4.52. The second-order valence-electron chi connectivity index (χ2n) is 4.08. The highest BCUT2D eigenvalue weighted by atomic mass is 35.5. The maximum atomic E-state index is 13.1. The van der Waals surface area contributed by atoms with E-state index in [2.05, 4.69) is 5.32 Å². The molecule has 0 radical (unpaired) electrons. The van der Waals surface area contributed by atoms with Crippen molar-refractivity contribution >= 4 is 28.9 Å². The number of aromatic carboxylic acids is 1. The van der Waals surface area contributed by atoms with Crippen LogP contribution < -0.4 is 5.32 Å². The molecule has 2 N–H and O–H groups in total. The average Bonchev–Trinajstić information content (AvgIpc) is 2.35. The topological polar surface area (TPSA) is 49.3 Å². The number of carboxylic acids is 1. The first-order valence-corrected chi connectivity index (χ1v) is 5.91. The molecule has 0 aliphatic carbocycles. The number of benzene rings is 2. The summed E-state index contributed by atoms with van der Waals surface area (Å²) >= 11 is 5.89. The van der Waals surface area contributed by atoms with Crippen LogP contribution in [0.4, 0.5) is 15.8 Å². The molecule has 3 nitrogen and oxygen atoms in total. The van der Waals surface area contributed by atoms with Crippen LogP contribution in [-0.4, -0.2) is 11.1 Å². The average molecular weight is 280 g/mol. The highest BCUT2D eigenvalue weighted by molar-refractivity contribution is 6.30. The number of hydrogen-bond donors (Lipinski definition) is 2. The number of aryl methyl sites for hydroxylation is 1. The van der Waals surface area contributed by atoms with Crippen LogP contribution in [0.3, 0.4) is 0 Å². The summed E-state index contributed by atoms with van der Waals surface area (Å²) in [4.78, 5) is 11.1. The summed E-state index contributed by atoms with van der Waals surface area (Å²) in [6.07, 6.45) is 0. The summed E-state index contributed by atoms with van der Waals surface area (Å²) in [5, 5.41) is 12.6. The molecule has 0 fully saturated rings. The lowest BCUT2D eigenvalue weighted by Gasteiger charge is -2.12. The summed E-state index contributed by atoms with van der Waals surface area (Å²) in [6.45, 7) is 1.86. The number of anilines is 2. The zero-order chi connectivity index (χ0) is 14.0. The van der Waals surface area contributed by atoms with E-state index in [1.54, 1.807) is 12.1 Å². The Morgan fingerprint density at radius 2 is 1.95 bits per heavy atom. The molecule has 2 rings (SSSR count). The minimum Gasteiger partial charge on any atom is -0.478 e. The van der Waals surface area contributed by atoms with Gasteiger partial charge in [-0.15, -0.1) is 0 Å². The van der Waals surface area contributed by atoms with Crippen LogP contribution >= 0.6 is 11.6 Å². The molecule has 2 aromatic rings. The van der Waals surface area contributed by atoms with Gasteiger partial charge in [-0.3, -0.25) is 0 Å². The lowest BCUT2D eigenvalue weighted by molar-refractivity contribution is 0.0697. The second kappa shape index (κ2) is 5.28. The maximum absolute atomic E-state index is 13.1. The maximum Gasteiger partial charge on any atom is 0.337 e. The fraction of sp³-hybridized carbons (Fsp3) is 0.0714. The molecule has 0 atom stereocenters. The lowest BCUT2D eigenvalue weighted by Crippen LogP contribution is -2.04. The molecule has 5 heteroatoms. The Morgan fingerprint density at radius 1 is 1.21 bits per heavy atom. The van der Waals surface area contributed by atoms with Crippen molar-refractivity contribution in [3.8, 4) is 0 Å². The first-order valence-electron chi connectivity index (χ1n) is 5.53. The van der Waals surface area contributed by atoms with Crippen molar-refractivity contribution in [2.24, 2.45) is 0 Å². The van der Waals surface area contributed by atoms with Crippen molar-refractivity contribution < 1.29 is 14.3 Å². The van der Waals surface area contributed by atoms with E-state index in [4.69, 9.17) is 16.7 Å². The fourth-order valence-electron chi connectivity index (χ4n) is 1.68. The summed E-state index contributed by atoms with van der Waals surface area (Å²) in [7, 11) is 0. The minimum absolute atomic E-state index is 0.126. The zero-order valence-electron chi connectivity index (χ0n) is 10.1. The summed E-state index contributed by atoms with van der Waals surface area (Å²) in [5.41, 5.74) is 1.78. The van der Waals surface area contributed by atoms with Crippen LogP contribution in [0, 0.1) is 12.7 Å². The Labute approximate surface area is 114 Å². The quantitative estimate of drug-likeness (QED) is 0.884. The van der Waals surface area contributed by atoms with Crippen LogP contribution in [-0.2, 0) is 0 Å². The normalized spacial score (nSPS) is 10.3. The van der Waals surface area contributed by atoms with E-state index in [0.29, 0.717) is 16.4 Å². The predicted molar refractivity (Wildman–Crippen MR) is 72.8 cm³/mol. The number of hydrogen-bond acceptors (Lipinski definition) is 2. The van der Waals surface area contributed by atoms with E-state index in [9.17, 15) is 9.18 Å². The van der Waals surface area contributed by atoms with E-state index in [1.165, 1.54) is 12.1 Å². The third-order valence-corrected chi connectivity index (χ3v) is 2.92. The van der Waals surface area contributed by atoms with Gasteiger partial charge in [-0.05, 0) is 42.8 Å². The lowest BCUT2D eigenvalue weighted by atomic mass is 10.1. The van der Waals surface area contributed by atoms with Gasteiger partial charge in [-0.25, -0.2) is 9.18 Å². The molecule has 0 aliphatic heterocycles. The van der Waals surface area contributed by atoms with Gasteiger partial charge in [-0.2, -0.15) is 0 Å². The van der Waals surface area contributed by atoms with Gasteiger partial charge in [0, 0.05) is 10.7 Å². The Morgan fingerprint density at radius 3 is 2.63 bits per heavy atom. The zero-order valence-corrected chi connectivity index (χ0v) is 10.8. The van der Waals surface area contributed by atoms with Gasteiger partial charge in [0.1, 0.15) is 5.82 Å². The fourth-order valence-corrected chi connectivity index (χ4v) is 1.85. The molecule has 0 bridgehead atoms. The predicted octanol–water partition coefficient (Wildman–Crippen LogP) is 4.23. The largest absolute Gasteiger partial charge is 0.478 e. The van der Waals surface area contributed by atoms with Gasteiger partial charge in [0.25, 0.3) is 0 Å². The summed E-state index contributed by atoms with van der Waals surface area (Å²) in [5.74, 6) is -1.78. The van der Waals surface area contributed by atoms with E-state index in [0.717, 1.165) is 11.6 Å². The van der Waals surface area contributed by atoms with Crippen molar-refractivity contribution in [3.05, 3.63) is 58.4 Å². The van der Waals surface area contributed by atoms with E-state index in [-0.39, 0.29) is 5.56 Å². The van der Waals surface area contributed by atoms with Crippen molar-refractivity contribution in [2.45, 2.75) is 6.92 Å². The van der Waals surface area contributed by atoms with E-state index in [1.807, 2.05) is 13.0 Å². The molecule has 0 amide bonds. The third kappa shape index (κ3) is 3.03. The number of carbonyl (C=O) groups is 1. The van der Waals surface area contributed by atoms with E-state index < -0.39 is 11.8 Å². The summed E-state index contributed by atoms with van der Waals surface area (Å²) < 4.78 is 13.1. The molecule has 0 spiro atoms. The highest BCUT2D eigenvalue weighted by Gasteiger charge is 2.12. The van der Waals surface area contributed by atoms with Gasteiger partial charge in [0.05, 0.1) is 11.3 Å². The van der Waals surface area contributed by atoms with Crippen molar-refractivity contribution in [2.75, 3.05) is 5.32 Å². The van der Waals surface area contributed by atoms with Gasteiger partial charge in [0.2, 0.25) is 0 Å². The van der Waals surface area contributed by atoms with Crippen LogP contribution in [0.15, 0.2) is 36.4 Å². The van der Waals surface area contributed by atoms with Gasteiger partial charge >= 0.3 is 5.97 Å². The third-order valence-electron chi connectivity index (χ3n) is 2.68. The van der Waals surface area contributed by atoms with Crippen molar-refractivity contribution in [1.29, 1.82) is 0 Å². The van der Waals surface area contributed by atoms with Crippen LogP contribution in [0.25, 0.3) is 0 Å². The van der Waals surface area contributed by atoms with Gasteiger partial charge in [0.15, 0.2) is 0 Å². The van der Waals surface area contributed by atoms with Crippen LogP contribution in [0.2, 0.25) is 5.02 Å².